The molecule has 9 heteroatoms. The first-order valence-corrected chi connectivity index (χ1v) is 7.31. The van der Waals surface area contributed by atoms with Crippen LogP contribution in [-0.4, -0.2) is 36.9 Å². The second-order valence-corrected chi connectivity index (χ2v) is 4.84. The predicted octanol–water partition coefficient (Wildman–Crippen LogP) is 0.943. The highest BCUT2D eigenvalue weighted by atomic mass is 16.5. The highest BCUT2D eigenvalue weighted by molar-refractivity contribution is 5.86. The largest absolute Gasteiger partial charge is 0.504 e. The number of phenols is 1. The van der Waals surface area contributed by atoms with Crippen molar-refractivity contribution in [3.63, 3.8) is 0 Å². The third-order valence-corrected chi connectivity index (χ3v) is 3.02. The molecule has 3 amide bonds. The predicted molar refractivity (Wildman–Crippen MR) is 89.3 cm³/mol. The standard InChI is InChI=1S/C16H18N4O5/c1-24-14-5-4-11(7-13(14)21)8-19-20-15(22)10-18-16(23)17-9-12-3-2-6-25-12/h2-8,21H,9-10H2,1H3,(H,20,22)(H2,17,18,23)/b19-8+. The molecule has 0 atom stereocenters. The monoisotopic (exact) mass is 346 g/mol. The summed E-state index contributed by atoms with van der Waals surface area (Å²) in [6, 6.07) is 7.60. The van der Waals surface area contributed by atoms with Gasteiger partial charge in [0.15, 0.2) is 11.5 Å². The lowest BCUT2D eigenvalue weighted by atomic mass is 10.2. The van der Waals surface area contributed by atoms with Gasteiger partial charge in [-0.2, -0.15) is 5.10 Å². The number of carbonyl (C=O) groups excluding carboxylic acids is 2. The van der Waals surface area contributed by atoms with Crippen LogP contribution in [0.2, 0.25) is 0 Å². The van der Waals surface area contributed by atoms with Gasteiger partial charge in [-0.15, -0.1) is 0 Å². The van der Waals surface area contributed by atoms with E-state index in [-0.39, 0.29) is 18.8 Å². The van der Waals surface area contributed by atoms with E-state index in [9.17, 15) is 14.7 Å². The molecular weight excluding hydrogens is 328 g/mol. The molecule has 132 valence electrons. The minimum Gasteiger partial charge on any atom is -0.504 e. The molecule has 25 heavy (non-hydrogen) atoms. The summed E-state index contributed by atoms with van der Waals surface area (Å²) in [5, 5.41) is 18.3. The second-order valence-electron chi connectivity index (χ2n) is 4.84. The molecule has 0 fully saturated rings. The van der Waals surface area contributed by atoms with E-state index in [1.807, 2.05) is 0 Å². The first-order chi connectivity index (χ1) is 12.1. The number of hydrogen-bond acceptors (Lipinski definition) is 6. The lowest BCUT2D eigenvalue weighted by molar-refractivity contribution is -0.120. The van der Waals surface area contributed by atoms with Crippen molar-refractivity contribution < 1.29 is 23.8 Å². The maximum Gasteiger partial charge on any atom is 0.315 e. The second kappa shape index (κ2) is 8.96. The fraction of sp³-hybridized carbons (Fsp3) is 0.188. The number of hydrazone groups is 1. The Morgan fingerprint density at radius 2 is 2.16 bits per heavy atom. The van der Waals surface area contributed by atoms with Gasteiger partial charge in [-0.25, -0.2) is 10.2 Å². The zero-order valence-corrected chi connectivity index (χ0v) is 13.5. The maximum atomic E-state index is 11.6. The van der Waals surface area contributed by atoms with Crippen molar-refractivity contribution >= 4 is 18.2 Å². The summed E-state index contributed by atoms with van der Waals surface area (Å²) >= 11 is 0. The fourth-order valence-corrected chi connectivity index (χ4v) is 1.81. The number of amides is 3. The summed E-state index contributed by atoms with van der Waals surface area (Å²) in [4.78, 5) is 23.1. The van der Waals surface area contributed by atoms with Crippen molar-refractivity contribution in [2.45, 2.75) is 6.54 Å². The summed E-state index contributed by atoms with van der Waals surface area (Å²) in [5.74, 6) is 0.410. The number of aromatic hydroxyl groups is 1. The highest BCUT2D eigenvalue weighted by Crippen LogP contribution is 2.25. The van der Waals surface area contributed by atoms with E-state index >= 15 is 0 Å². The van der Waals surface area contributed by atoms with Crippen LogP contribution in [0, 0.1) is 0 Å². The lowest BCUT2D eigenvalue weighted by Gasteiger charge is -2.05. The molecule has 1 aromatic carbocycles. The number of ether oxygens (including phenoxy) is 1. The molecular formula is C16H18N4O5. The summed E-state index contributed by atoms with van der Waals surface area (Å²) in [5.41, 5.74) is 2.83. The van der Waals surface area contributed by atoms with Gasteiger partial charge in [-0.05, 0) is 35.9 Å². The molecule has 0 aliphatic carbocycles. The van der Waals surface area contributed by atoms with E-state index in [2.05, 4.69) is 21.2 Å². The summed E-state index contributed by atoms with van der Waals surface area (Å²) < 4.78 is 9.99. The molecule has 0 aliphatic heterocycles. The van der Waals surface area contributed by atoms with E-state index in [4.69, 9.17) is 9.15 Å². The van der Waals surface area contributed by atoms with Gasteiger partial charge in [0.25, 0.3) is 5.91 Å². The van der Waals surface area contributed by atoms with Crippen LogP contribution in [0.25, 0.3) is 0 Å². The average Bonchev–Trinajstić information content (AvgIpc) is 3.12. The zero-order chi connectivity index (χ0) is 18.1. The van der Waals surface area contributed by atoms with Crippen LogP contribution in [-0.2, 0) is 11.3 Å². The normalized spacial score (nSPS) is 10.4. The molecule has 4 N–H and O–H groups in total. The molecule has 0 saturated carbocycles. The number of rotatable bonds is 7. The van der Waals surface area contributed by atoms with Gasteiger partial charge >= 0.3 is 6.03 Å². The molecule has 0 unspecified atom stereocenters. The maximum absolute atomic E-state index is 11.6. The van der Waals surface area contributed by atoms with Crippen molar-refractivity contribution in [3.05, 3.63) is 47.9 Å². The summed E-state index contributed by atoms with van der Waals surface area (Å²) in [7, 11) is 1.45. The molecule has 2 aromatic rings. The van der Waals surface area contributed by atoms with Crippen molar-refractivity contribution in [2.75, 3.05) is 13.7 Å². The molecule has 0 aliphatic rings. The van der Waals surface area contributed by atoms with Crippen molar-refractivity contribution in [1.29, 1.82) is 0 Å². The minimum atomic E-state index is -0.504. The first-order valence-electron chi connectivity index (χ1n) is 7.31. The Balaban J connectivity index is 1.69. The van der Waals surface area contributed by atoms with Crippen molar-refractivity contribution in [2.24, 2.45) is 5.10 Å². The van der Waals surface area contributed by atoms with Gasteiger partial charge in [0, 0.05) is 0 Å². The number of nitrogens with one attached hydrogen (secondary N) is 3. The number of methoxy groups -OCH3 is 1. The fourth-order valence-electron chi connectivity index (χ4n) is 1.81. The van der Waals surface area contributed by atoms with E-state index < -0.39 is 11.9 Å². The molecule has 0 saturated heterocycles. The highest BCUT2D eigenvalue weighted by Gasteiger charge is 2.05. The zero-order valence-electron chi connectivity index (χ0n) is 13.5. The third-order valence-electron chi connectivity index (χ3n) is 3.02. The quantitative estimate of drug-likeness (QED) is 0.439. The Morgan fingerprint density at radius 3 is 2.84 bits per heavy atom. The van der Waals surface area contributed by atoms with E-state index in [1.165, 1.54) is 25.7 Å². The number of hydrogen-bond donors (Lipinski definition) is 4. The molecule has 9 nitrogen and oxygen atoms in total. The molecule has 2 rings (SSSR count). The summed E-state index contributed by atoms with van der Waals surface area (Å²) in [6.45, 7) is -0.0191. The number of carbonyl (C=O) groups is 2. The van der Waals surface area contributed by atoms with Crippen LogP contribution in [0.15, 0.2) is 46.1 Å². The van der Waals surface area contributed by atoms with Gasteiger partial charge in [0.05, 0.1) is 26.1 Å². The Hall–Kier alpha value is -3.49. The Morgan fingerprint density at radius 1 is 1.32 bits per heavy atom. The molecule has 0 bridgehead atoms. The number of furan rings is 1. The molecule has 0 radical (unpaired) electrons. The van der Waals surface area contributed by atoms with E-state index in [0.717, 1.165) is 0 Å². The smallest absolute Gasteiger partial charge is 0.315 e. The first kappa shape index (κ1) is 17.9. The van der Waals surface area contributed by atoms with Gasteiger partial charge < -0.3 is 24.9 Å². The molecule has 1 aromatic heterocycles. The van der Waals surface area contributed by atoms with Gasteiger partial charge in [0.2, 0.25) is 0 Å². The van der Waals surface area contributed by atoms with Crippen molar-refractivity contribution in [1.82, 2.24) is 16.1 Å². The van der Waals surface area contributed by atoms with Crippen molar-refractivity contribution in [3.8, 4) is 11.5 Å². The third kappa shape index (κ3) is 5.90. The molecule has 1 heterocycles. The topological polar surface area (TPSA) is 125 Å². The van der Waals surface area contributed by atoms with Crippen LogP contribution in [0.4, 0.5) is 4.79 Å². The van der Waals surface area contributed by atoms with Crippen LogP contribution < -0.4 is 20.8 Å². The van der Waals surface area contributed by atoms with E-state index in [0.29, 0.717) is 17.1 Å². The Labute approximate surface area is 143 Å². The number of benzene rings is 1. The lowest BCUT2D eigenvalue weighted by Crippen LogP contribution is -2.40. The summed E-state index contributed by atoms with van der Waals surface area (Å²) in [6.07, 6.45) is 2.86. The Kier molecular flexibility index (Phi) is 6.40. The number of urea groups is 1. The van der Waals surface area contributed by atoms with E-state index in [1.54, 1.807) is 24.3 Å². The average molecular weight is 346 g/mol. The molecule has 0 spiro atoms. The van der Waals surface area contributed by atoms with Crippen LogP contribution >= 0.6 is 0 Å². The van der Waals surface area contributed by atoms with Gasteiger partial charge in [0.1, 0.15) is 12.3 Å². The van der Waals surface area contributed by atoms with Crippen LogP contribution in [0.1, 0.15) is 11.3 Å². The van der Waals surface area contributed by atoms with Crippen LogP contribution in [0.5, 0.6) is 11.5 Å². The van der Waals surface area contributed by atoms with Crippen LogP contribution in [0.3, 0.4) is 0 Å². The number of nitrogens with zero attached hydrogens (tertiary/aromatic N) is 1. The minimum absolute atomic E-state index is 0.0346. The van der Waals surface area contributed by atoms with Gasteiger partial charge in [-0.3, -0.25) is 4.79 Å². The Bertz CT molecular complexity index is 743. The number of phenolic OH excluding ortho intramolecular Hbond substituents is 1. The SMILES string of the molecule is COc1ccc(/C=N/NC(=O)CNC(=O)NCc2ccco2)cc1O. The van der Waals surface area contributed by atoms with Gasteiger partial charge in [-0.1, -0.05) is 0 Å².